The van der Waals surface area contributed by atoms with Gasteiger partial charge in [0.05, 0.1) is 5.60 Å². The summed E-state index contributed by atoms with van der Waals surface area (Å²) < 4.78 is 0. The highest BCUT2D eigenvalue weighted by molar-refractivity contribution is 4.73. The normalized spacial score (nSPS) is 27.8. The number of rotatable bonds is 4. The van der Waals surface area contributed by atoms with Gasteiger partial charge in [0.15, 0.2) is 0 Å². The fourth-order valence-electron chi connectivity index (χ4n) is 2.45. The molecule has 0 aromatic carbocycles. The van der Waals surface area contributed by atoms with Crippen molar-refractivity contribution in [1.82, 2.24) is 5.48 Å². The summed E-state index contributed by atoms with van der Waals surface area (Å²) in [6.07, 6.45) is 9.45. The van der Waals surface area contributed by atoms with Gasteiger partial charge >= 0.3 is 0 Å². The Hall–Kier alpha value is -0.0800. The zero-order chi connectivity index (χ0) is 12.0. The molecule has 0 heterocycles. The van der Waals surface area contributed by atoms with Gasteiger partial charge < -0.3 is 0 Å². The highest BCUT2D eigenvalue weighted by Crippen LogP contribution is 2.26. The Bertz CT molecular complexity index is 186. The molecule has 0 radical (unpaired) electrons. The van der Waals surface area contributed by atoms with Crippen molar-refractivity contribution >= 4 is 0 Å². The lowest BCUT2D eigenvalue weighted by Gasteiger charge is -2.24. The number of nitrogens with one attached hydrogen (secondary N) is 1. The molecular weight excluding hydrogens is 198 g/mol. The fraction of sp³-hybridized carbons (Fsp3) is 1.00. The van der Waals surface area contributed by atoms with Crippen molar-refractivity contribution in [3.8, 4) is 0 Å². The van der Waals surface area contributed by atoms with Crippen LogP contribution in [-0.2, 0) is 4.84 Å². The van der Waals surface area contributed by atoms with Gasteiger partial charge in [0.1, 0.15) is 0 Å². The van der Waals surface area contributed by atoms with Gasteiger partial charge in [-0.1, -0.05) is 32.6 Å². The monoisotopic (exact) mass is 227 g/mol. The van der Waals surface area contributed by atoms with Crippen molar-refractivity contribution < 1.29 is 4.84 Å². The average Bonchev–Trinajstić information content (AvgIpc) is 2.40. The molecule has 1 aliphatic carbocycles. The van der Waals surface area contributed by atoms with E-state index in [-0.39, 0.29) is 5.60 Å². The standard InChI is InChI=1S/C14H29NO/c1-5-7-12-8-6-9-13(11-10-12)15-16-14(2,3)4/h12-13,15H,5-11H2,1-4H3. The zero-order valence-corrected chi connectivity index (χ0v) is 11.5. The van der Waals surface area contributed by atoms with E-state index in [1.807, 2.05) is 0 Å². The lowest BCUT2D eigenvalue weighted by atomic mass is 9.95. The minimum Gasteiger partial charge on any atom is -0.296 e. The Balaban J connectivity index is 2.25. The van der Waals surface area contributed by atoms with E-state index < -0.39 is 0 Å². The van der Waals surface area contributed by atoms with Crippen molar-refractivity contribution in [1.29, 1.82) is 0 Å². The van der Waals surface area contributed by atoms with Crippen LogP contribution in [0.5, 0.6) is 0 Å². The molecule has 0 aliphatic heterocycles. The molecule has 1 N–H and O–H groups in total. The Morgan fingerprint density at radius 1 is 1.12 bits per heavy atom. The van der Waals surface area contributed by atoms with E-state index in [0.29, 0.717) is 6.04 Å². The number of hydroxylamine groups is 1. The highest BCUT2D eigenvalue weighted by Gasteiger charge is 2.20. The fourth-order valence-corrected chi connectivity index (χ4v) is 2.45. The van der Waals surface area contributed by atoms with Crippen LogP contribution in [-0.4, -0.2) is 11.6 Å². The predicted octanol–water partition coefficient (Wildman–Crippen LogP) is 4.06. The summed E-state index contributed by atoms with van der Waals surface area (Å²) in [5, 5.41) is 0. The maximum atomic E-state index is 5.67. The lowest BCUT2D eigenvalue weighted by molar-refractivity contribution is -0.0901. The molecule has 1 aliphatic rings. The van der Waals surface area contributed by atoms with Crippen molar-refractivity contribution in [3.05, 3.63) is 0 Å². The van der Waals surface area contributed by atoms with E-state index in [0.717, 1.165) is 5.92 Å². The summed E-state index contributed by atoms with van der Waals surface area (Å²) in [6.45, 7) is 8.58. The van der Waals surface area contributed by atoms with E-state index in [4.69, 9.17) is 4.84 Å². The van der Waals surface area contributed by atoms with Crippen LogP contribution in [0.1, 0.15) is 72.6 Å². The van der Waals surface area contributed by atoms with Gasteiger partial charge in [-0.3, -0.25) is 4.84 Å². The van der Waals surface area contributed by atoms with Crippen LogP contribution >= 0.6 is 0 Å². The first-order valence-electron chi connectivity index (χ1n) is 6.95. The van der Waals surface area contributed by atoms with E-state index in [1.54, 1.807) is 0 Å². The molecule has 0 bridgehead atoms. The van der Waals surface area contributed by atoms with Crippen molar-refractivity contribution in [2.75, 3.05) is 0 Å². The van der Waals surface area contributed by atoms with Crippen LogP contribution in [0.3, 0.4) is 0 Å². The molecule has 1 saturated carbocycles. The molecule has 2 nitrogen and oxygen atoms in total. The molecule has 1 fully saturated rings. The molecule has 2 unspecified atom stereocenters. The summed E-state index contributed by atoms with van der Waals surface area (Å²) in [6, 6.07) is 0.570. The minimum atomic E-state index is -0.0743. The van der Waals surface area contributed by atoms with E-state index in [9.17, 15) is 0 Å². The zero-order valence-electron chi connectivity index (χ0n) is 11.5. The first kappa shape index (κ1) is 14.0. The third kappa shape index (κ3) is 5.86. The first-order chi connectivity index (χ1) is 7.51. The summed E-state index contributed by atoms with van der Waals surface area (Å²) in [5.41, 5.74) is 3.19. The van der Waals surface area contributed by atoms with Gasteiger partial charge in [0, 0.05) is 6.04 Å². The largest absolute Gasteiger partial charge is 0.296 e. The molecule has 0 saturated heterocycles. The molecule has 0 amide bonds. The highest BCUT2D eigenvalue weighted by atomic mass is 16.7. The Morgan fingerprint density at radius 3 is 2.50 bits per heavy atom. The van der Waals surface area contributed by atoms with Crippen LogP contribution in [0.15, 0.2) is 0 Å². The van der Waals surface area contributed by atoms with Crippen molar-refractivity contribution in [3.63, 3.8) is 0 Å². The minimum absolute atomic E-state index is 0.0743. The Morgan fingerprint density at radius 2 is 1.88 bits per heavy atom. The molecule has 2 atom stereocenters. The molecule has 96 valence electrons. The van der Waals surface area contributed by atoms with Gasteiger partial charge in [-0.05, 0) is 46.0 Å². The Labute approximate surface area is 101 Å². The molecule has 0 spiro atoms. The lowest BCUT2D eigenvalue weighted by Crippen LogP contribution is -2.36. The van der Waals surface area contributed by atoms with Gasteiger partial charge in [-0.2, -0.15) is 5.48 Å². The van der Waals surface area contributed by atoms with Crippen LogP contribution < -0.4 is 5.48 Å². The Kier molecular flexibility index (Phi) is 5.77. The van der Waals surface area contributed by atoms with E-state index in [2.05, 4.69) is 33.2 Å². The second-order valence-electron chi connectivity index (χ2n) is 6.19. The summed E-state index contributed by atoms with van der Waals surface area (Å²) in [7, 11) is 0. The van der Waals surface area contributed by atoms with E-state index >= 15 is 0 Å². The second kappa shape index (κ2) is 6.61. The molecule has 16 heavy (non-hydrogen) atoms. The van der Waals surface area contributed by atoms with Crippen LogP contribution in [0.2, 0.25) is 0 Å². The summed E-state index contributed by atoms with van der Waals surface area (Å²) in [5.74, 6) is 0.964. The molecule has 1 rings (SSSR count). The SMILES string of the molecule is CCCC1CCCC(NOC(C)(C)C)CC1. The molecule has 0 aromatic heterocycles. The molecule has 0 aromatic rings. The van der Waals surface area contributed by atoms with E-state index in [1.165, 1.54) is 44.9 Å². The van der Waals surface area contributed by atoms with Gasteiger partial charge in [0.2, 0.25) is 0 Å². The van der Waals surface area contributed by atoms with Gasteiger partial charge in [0.25, 0.3) is 0 Å². The molecule has 2 heteroatoms. The quantitative estimate of drug-likeness (QED) is 0.578. The second-order valence-corrected chi connectivity index (χ2v) is 6.19. The van der Waals surface area contributed by atoms with Crippen LogP contribution in [0, 0.1) is 5.92 Å². The van der Waals surface area contributed by atoms with Crippen molar-refractivity contribution in [2.24, 2.45) is 5.92 Å². The molecular formula is C14H29NO. The summed E-state index contributed by atoms with van der Waals surface area (Å²) >= 11 is 0. The third-order valence-electron chi connectivity index (χ3n) is 3.32. The van der Waals surface area contributed by atoms with Crippen molar-refractivity contribution in [2.45, 2.75) is 84.3 Å². The third-order valence-corrected chi connectivity index (χ3v) is 3.32. The number of hydrogen-bond acceptors (Lipinski definition) is 2. The predicted molar refractivity (Wildman–Crippen MR) is 69.2 cm³/mol. The number of hydrogen-bond donors (Lipinski definition) is 1. The first-order valence-corrected chi connectivity index (χ1v) is 6.95. The van der Waals surface area contributed by atoms with Gasteiger partial charge in [-0.25, -0.2) is 0 Å². The van der Waals surface area contributed by atoms with Crippen LogP contribution in [0.25, 0.3) is 0 Å². The maximum absolute atomic E-state index is 5.67. The smallest absolute Gasteiger partial charge is 0.0813 e. The topological polar surface area (TPSA) is 21.3 Å². The maximum Gasteiger partial charge on any atom is 0.0813 e. The van der Waals surface area contributed by atoms with Crippen LogP contribution in [0.4, 0.5) is 0 Å². The summed E-state index contributed by atoms with van der Waals surface area (Å²) in [4.78, 5) is 5.67. The van der Waals surface area contributed by atoms with Gasteiger partial charge in [-0.15, -0.1) is 0 Å². The average molecular weight is 227 g/mol.